The summed E-state index contributed by atoms with van der Waals surface area (Å²) in [5.74, 6) is 0.563. The van der Waals surface area contributed by atoms with Crippen molar-refractivity contribution < 1.29 is 4.79 Å². The molecule has 0 radical (unpaired) electrons. The first-order valence-electron chi connectivity index (χ1n) is 7.40. The molecule has 0 aliphatic rings. The van der Waals surface area contributed by atoms with E-state index in [4.69, 9.17) is 5.73 Å². The maximum atomic E-state index is 11.9. The van der Waals surface area contributed by atoms with Gasteiger partial charge in [0.15, 0.2) is 0 Å². The summed E-state index contributed by atoms with van der Waals surface area (Å²) in [6.07, 6.45) is 1.55. The second-order valence-corrected chi connectivity index (χ2v) is 6.02. The van der Waals surface area contributed by atoms with Crippen LogP contribution in [0.4, 0.5) is 0 Å². The molecular formula is C16H22N4O2. The first-order valence-corrected chi connectivity index (χ1v) is 7.40. The van der Waals surface area contributed by atoms with Gasteiger partial charge in [-0.3, -0.25) is 9.59 Å². The van der Waals surface area contributed by atoms with Crippen LogP contribution in [-0.2, 0) is 11.2 Å². The van der Waals surface area contributed by atoms with Gasteiger partial charge in [-0.2, -0.15) is 0 Å². The number of nitrogens with one attached hydrogen (secondary N) is 2. The van der Waals surface area contributed by atoms with Gasteiger partial charge in [0.05, 0.1) is 10.9 Å². The highest BCUT2D eigenvalue weighted by Crippen LogP contribution is 2.07. The number of aromatic nitrogens is 2. The quantitative estimate of drug-likeness (QED) is 0.743. The van der Waals surface area contributed by atoms with E-state index in [1.54, 1.807) is 6.07 Å². The molecule has 0 atom stereocenters. The van der Waals surface area contributed by atoms with Crippen molar-refractivity contribution in [1.29, 1.82) is 0 Å². The molecule has 0 aliphatic carbocycles. The monoisotopic (exact) mass is 302 g/mol. The van der Waals surface area contributed by atoms with Gasteiger partial charge < -0.3 is 16.0 Å². The molecule has 0 bridgehead atoms. The molecule has 2 rings (SSSR count). The zero-order chi connectivity index (χ0) is 16.2. The van der Waals surface area contributed by atoms with E-state index >= 15 is 0 Å². The normalized spacial score (nSPS) is 11.6. The number of rotatable bonds is 6. The molecule has 4 N–H and O–H groups in total. The SMILES string of the molecule is CC(C)(CN)NC(=O)CCCc1nc2ccccc2c(=O)[nH]1. The first-order chi connectivity index (χ1) is 10.4. The molecule has 0 fully saturated rings. The second-order valence-electron chi connectivity index (χ2n) is 6.02. The minimum atomic E-state index is -0.396. The largest absolute Gasteiger partial charge is 0.350 e. The summed E-state index contributed by atoms with van der Waals surface area (Å²) in [5.41, 5.74) is 5.71. The maximum Gasteiger partial charge on any atom is 0.258 e. The summed E-state index contributed by atoms with van der Waals surface area (Å²) in [4.78, 5) is 30.9. The number of H-pyrrole nitrogens is 1. The van der Waals surface area contributed by atoms with Crippen LogP contribution in [0, 0.1) is 0 Å². The Hall–Kier alpha value is -2.21. The van der Waals surface area contributed by atoms with Crippen molar-refractivity contribution in [2.45, 2.75) is 38.6 Å². The molecule has 0 unspecified atom stereocenters. The molecule has 0 saturated heterocycles. The predicted octanol–water partition coefficient (Wildman–Crippen LogP) is 1.10. The predicted molar refractivity (Wildman–Crippen MR) is 86.6 cm³/mol. The van der Waals surface area contributed by atoms with E-state index < -0.39 is 5.54 Å². The van der Waals surface area contributed by atoms with Gasteiger partial charge in [0.1, 0.15) is 5.82 Å². The number of nitrogens with two attached hydrogens (primary N) is 1. The van der Waals surface area contributed by atoms with E-state index in [1.807, 2.05) is 32.0 Å². The number of para-hydroxylation sites is 1. The minimum absolute atomic E-state index is 0.0430. The van der Waals surface area contributed by atoms with Crippen molar-refractivity contribution in [3.05, 3.63) is 40.4 Å². The smallest absolute Gasteiger partial charge is 0.258 e. The average Bonchev–Trinajstić information content (AvgIpc) is 2.47. The molecule has 22 heavy (non-hydrogen) atoms. The summed E-state index contributed by atoms with van der Waals surface area (Å²) in [6, 6.07) is 7.21. The Balaban J connectivity index is 1.95. The highest BCUT2D eigenvalue weighted by molar-refractivity contribution is 5.77. The van der Waals surface area contributed by atoms with Gasteiger partial charge >= 0.3 is 0 Å². The van der Waals surface area contributed by atoms with E-state index in [0.717, 1.165) is 0 Å². The standard InChI is InChI=1S/C16H22N4O2/c1-16(2,10-17)20-14(21)9-5-8-13-18-12-7-4-3-6-11(12)15(22)19-13/h3-4,6-7H,5,8-10,17H2,1-2H3,(H,20,21)(H,18,19,22). The van der Waals surface area contributed by atoms with Gasteiger partial charge in [0, 0.05) is 24.9 Å². The lowest BCUT2D eigenvalue weighted by Gasteiger charge is -2.24. The van der Waals surface area contributed by atoms with E-state index in [1.165, 1.54) is 0 Å². The zero-order valence-corrected chi connectivity index (χ0v) is 13.0. The summed E-state index contributed by atoms with van der Waals surface area (Å²) < 4.78 is 0. The van der Waals surface area contributed by atoms with Gasteiger partial charge in [0.2, 0.25) is 5.91 Å². The fraction of sp³-hybridized carbons (Fsp3) is 0.438. The molecule has 0 aliphatic heterocycles. The number of amides is 1. The van der Waals surface area contributed by atoms with Crippen LogP contribution < -0.4 is 16.6 Å². The van der Waals surface area contributed by atoms with E-state index in [-0.39, 0.29) is 11.5 Å². The van der Waals surface area contributed by atoms with Gasteiger partial charge in [-0.25, -0.2) is 4.98 Å². The number of aromatic amines is 1. The number of nitrogens with zero attached hydrogens (tertiary/aromatic N) is 1. The molecule has 2 aromatic rings. The number of carbonyl (C=O) groups excluding carboxylic acids is 1. The lowest BCUT2D eigenvalue weighted by molar-refractivity contribution is -0.122. The fourth-order valence-corrected chi connectivity index (χ4v) is 2.16. The van der Waals surface area contributed by atoms with Gasteiger partial charge in [-0.05, 0) is 32.4 Å². The second kappa shape index (κ2) is 6.70. The van der Waals surface area contributed by atoms with Crippen molar-refractivity contribution in [3.63, 3.8) is 0 Å². The number of fused-ring (bicyclic) bond motifs is 1. The Morgan fingerprint density at radius 1 is 1.36 bits per heavy atom. The number of carbonyl (C=O) groups is 1. The molecule has 0 spiro atoms. The third kappa shape index (κ3) is 4.14. The summed E-state index contributed by atoms with van der Waals surface area (Å²) in [7, 11) is 0. The summed E-state index contributed by atoms with van der Waals surface area (Å²) in [5, 5.41) is 3.45. The molecule has 6 nitrogen and oxygen atoms in total. The Kier molecular flexibility index (Phi) is 4.92. The minimum Gasteiger partial charge on any atom is -0.350 e. The molecule has 1 aromatic heterocycles. The van der Waals surface area contributed by atoms with Crippen molar-refractivity contribution in [1.82, 2.24) is 15.3 Å². The van der Waals surface area contributed by atoms with Crippen LogP contribution >= 0.6 is 0 Å². The van der Waals surface area contributed by atoms with E-state index in [0.29, 0.717) is 42.5 Å². The van der Waals surface area contributed by atoms with Crippen molar-refractivity contribution in [3.8, 4) is 0 Å². The highest BCUT2D eigenvalue weighted by Gasteiger charge is 2.17. The number of hydrogen-bond donors (Lipinski definition) is 3. The third-order valence-corrected chi connectivity index (χ3v) is 3.47. The Morgan fingerprint density at radius 2 is 2.09 bits per heavy atom. The van der Waals surface area contributed by atoms with Crippen molar-refractivity contribution in [2.24, 2.45) is 5.73 Å². The van der Waals surface area contributed by atoms with E-state index in [9.17, 15) is 9.59 Å². The average molecular weight is 302 g/mol. The fourth-order valence-electron chi connectivity index (χ4n) is 2.16. The molecule has 1 amide bonds. The third-order valence-electron chi connectivity index (χ3n) is 3.47. The van der Waals surface area contributed by atoms with Crippen LogP contribution in [-0.4, -0.2) is 28.0 Å². The number of aryl methyl sites for hydroxylation is 1. The van der Waals surface area contributed by atoms with Crippen LogP contribution in [0.1, 0.15) is 32.5 Å². The maximum absolute atomic E-state index is 11.9. The number of hydrogen-bond acceptors (Lipinski definition) is 4. The summed E-state index contributed by atoms with van der Waals surface area (Å²) >= 11 is 0. The van der Waals surface area contributed by atoms with Gasteiger partial charge in [-0.1, -0.05) is 12.1 Å². The van der Waals surface area contributed by atoms with Crippen LogP contribution in [0.5, 0.6) is 0 Å². The molecule has 6 heteroatoms. The lowest BCUT2D eigenvalue weighted by Crippen LogP contribution is -2.48. The topological polar surface area (TPSA) is 101 Å². The molecule has 1 aromatic carbocycles. The zero-order valence-electron chi connectivity index (χ0n) is 13.0. The molecular weight excluding hydrogens is 280 g/mol. The van der Waals surface area contributed by atoms with Crippen LogP contribution in [0.2, 0.25) is 0 Å². The summed E-state index contributed by atoms with van der Waals surface area (Å²) in [6.45, 7) is 4.15. The molecule has 118 valence electrons. The van der Waals surface area contributed by atoms with E-state index in [2.05, 4.69) is 15.3 Å². The first kappa shape index (κ1) is 16.2. The van der Waals surface area contributed by atoms with Crippen LogP contribution in [0.3, 0.4) is 0 Å². The molecule has 0 saturated carbocycles. The number of benzene rings is 1. The van der Waals surface area contributed by atoms with Crippen molar-refractivity contribution >= 4 is 16.8 Å². The molecule has 1 heterocycles. The lowest BCUT2D eigenvalue weighted by atomic mass is 10.1. The highest BCUT2D eigenvalue weighted by atomic mass is 16.1. The Morgan fingerprint density at radius 3 is 2.82 bits per heavy atom. The van der Waals surface area contributed by atoms with Gasteiger partial charge in [0.25, 0.3) is 5.56 Å². The van der Waals surface area contributed by atoms with Crippen LogP contribution in [0.25, 0.3) is 10.9 Å². The van der Waals surface area contributed by atoms with Crippen LogP contribution in [0.15, 0.2) is 29.1 Å². The Bertz CT molecular complexity index is 721. The van der Waals surface area contributed by atoms with Gasteiger partial charge in [-0.15, -0.1) is 0 Å². The van der Waals surface area contributed by atoms with Crippen molar-refractivity contribution in [2.75, 3.05) is 6.54 Å². The Labute approximate surface area is 129 Å².